The van der Waals surface area contributed by atoms with Crippen LogP contribution in [0, 0.1) is 0 Å². The summed E-state index contributed by atoms with van der Waals surface area (Å²) in [5.41, 5.74) is 0.544. The summed E-state index contributed by atoms with van der Waals surface area (Å²) in [6.07, 6.45) is 0. The average molecular weight is 429 g/mol. The Balaban J connectivity index is 2.09. The van der Waals surface area contributed by atoms with Crippen molar-refractivity contribution in [3.05, 3.63) is 62.1 Å². The Hall–Kier alpha value is -2.94. The molecule has 2 aromatic heterocycles. The minimum atomic E-state index is -0.430. The number of hydrogen-bond donors (Lipinski definition) is 0. The second-order valence-corrected chi connectivity index (χ2v) is 8.95. The van der Waals surface area contributed by atoms with Crippen LogP contribution in [0.1, 0.15) is 42.5 Å². The molecule has 3 rings (SSSR count). The van der Waals surface area contributed by atoms with Crippen molar-refractivity contribution in [3.63, 3.8) is 0 Å². The molecule has 3 aromatic rings. The van der Waals surface area contributed by atoms with Gasteiger partial charge in [0, 0.05) is 25.3 Å². The quantitative estimate of drug-likeness (QED) is 0.358. The van der Waals surface area contributed by atoms with Crippen LogP contribution < -0.4 is 11.2 Å². The van der Waals surface area contributed by atoms with E-state index in [1.807, 2.05) is 32.9 Å². The summed E-state index contributed by atoms with van der Waals surface area (Å²) < 4.78 is 7.16. The Labute approximate surface area is 177 Å². The molecule has 1 aromatic carbocycles. The maximum absolute atomic E-state index is 12.9. The number of ether oxygens (including phenoxy) is 1. The van der Waals surface area contributed by atoms with Crippen LogP contribution in [-0.4, -0.2) is 32.2 Å². The highest BCUT2D eigenvalue weighted by Gasteiger charge is 2.23. The van der Waals surface area contributed by atoms with Gasteiger partial charge >= 0.3 is 11.7 Å². The monoisotopic (exact) mass is 428 g/mol. The first-order valence-electron chi connectivity index (χ1n) is 9.33. The predicted molar refractivity (Wildman–Crippen MR) is 116 cm³/mol. The first-order chi connectivity index (χ1) is 14.0. The third kappa shape index (κ3) is 4.02. The Kier molecular flexibility index (Phi) is 5.85. The summed E-state index contributed by atoms with van der Waals surface area (Å²) in [5.74, 6) is 0.695. The predicted octanol–water partition coefficient (Wildman–Crippen LogP) is 2.40. The van der Waals surface area contributed by atoms with E-state index in [2.05, 4.69) is 9.97 Å². The Bertz CT molecular complexity index is 1240. The van der Waals surface area contributed by atoms with Gasteiger partial charge in [0.2, 0.25) is 0 Å². The molecule has 0 aliphatic rings. The second-order valence-electron chi connectivity index (χ2n) is 7.98. The van der Waals surface area contributed by atoms with Gasteiger partial charge in [0.25, 0.3) is 5.56 Å². The summed E-state index contributed by atoms with van der Waals surface area (Å²) in [6.45, 7) is 5.94. The molecule has 0 atom stereocenters. The number of methoxy groups -OCH3 is 1. The zero-order valence-corrected chi connectivity index (χ0v) is 18.7. The molecule has 0 N–H and O–H groups in total. The average Bonchev–Trinajstić information content (AvgIpc) is 2.73. The smallest absolute Gasteiger partial charge is 0.337 e. The lowest BCUT2D eigenvalue weighted by Gasteiger charge is -2.19. The normalized spacial score (nSPS) is 11.7. The van der Waals surface area contributed by atoms with Gasteiger partial charge in [-0.2, -0.15) is 0 Å². The van der Waals surface area contributed by atoms with Gasteiger partial charge in [-0.1, -0.05) is 32.9 Å². The van der Waals surface area contributed by atoms with Crippen molar-refractivity contribution in [2.24, 2.45) is 14.1 Å². The van der Waals surface area contributed by atoms with E-state index >= 15 is 0 Å². The van der Waals surface area contributed by atoms with Crippen LogP contribution in [0.5, 0.6) is 0 Å². The highest BCUT2D eigenvalue weighted by atomic mass is 32.2. The lowest BCUT2D eigenvalue weighted by molar-refractivity contribution is 0.0600. The summed E-state index contributed by atoms with van der Waals surface area (Å²) in [4.78, 5) is 46.0. The fourth-order valence-corrected chi connectivity index (χ4v) is 3.85. The van der Waals surface area contributed by atoms with Gasteiger partial charge in [0.1, 0.15) is 16.2 Å². The van der Waals surface area contributed by atoms with E-state index in [-0.39, 0.29) is 5.41 Å². The number of carbonyl (C=O) groups is 1. The van der Waals surface area contributed by atoms with Gasteiger partial charge in [-0.05, 0) is 17.7 Å². The summed E-state index contributed by atoms with van der Waals surface area (Å²) in [6, 6.07) is 7.06. The van der Waals surface area contributed by atoms with Crippen molar-refractivity contribution in [3.8, 4) is 0 Å². The fraction of sp³-hybridized carbons (Fsp3) is 0.381. The zero-order valence-electron chi connectivity index (χ0n) is 17.8. The molecule has 9 heteroatoms. The van der Waals surface area contributed by atoms with Crippen LogP contribution in [0.2, 0.25) is 0 Å². The maximum atomic E-state index is 12.9. The third-order valence-corrected chi connectivity index (χ3v) is 5.73. The van der Waals surface area contributed by atoms with Gasteiger partial charge in [0.05, 0.1) is 12.7 Å². The molecule has 158 valence electrons. The van der Waals surface area contributed by atoms with Crippen molar-refractivity contribution >= 4 is 28.8 Å². The van der Waals surface area contributed by atoms with Crippen LogP contribution in [0.4, 0.5) is 0 Å². The number of thioether (sulfide) groups is 1. The molecule has 0 bridgehead atoms. The molecule has 0 saturated heterocycles. The minimum Gasteiger partial charge on any atom is -0.465 e. The number of rotatable bonds is 4. The molecule has 0 spiro atoms. The number of nitrogens with zero attached hydrogens (tertiary/aromatic N) is 4. The van der Waals surface area contributed by atoms with Gasteiger partial charge in [0.15, 0.2) is 5.65 Å². The Morgan fingerprint density at radius 2 is 1.70 bits per heavy atom. The summed E-state index contributed by atoms with van der Waals surface area (Å²) >= 11 is 1.39. The number of aromatic nitrogens is 4. The van der Waals surface area contributed by atoms with Crippen LogP contribution in [-0.2, 0) is 30.0 Å². The molecule has 2 heterocycles. The molecule has 8 nitrogen and oxygen atoms in total. The number of esters is 1. The lowest BCUT2D eigenvalue weighted by atomic mass is 9.96. The third-order valence-electron chi connectivity index (χ3n) is 4.69. The van der Waals surface area contributed by atoms with E-state index in [0.717, 1.165) is 10.1 Å². The van der Waals surface area contributed by atoms with Crippen LogP contribution >= 0.6 is 11.8 Å². The van der Waals surface area contributed by atoms with E-state index in [0.29, 0.717) is 33.2 Å². The van der Waals surface area contributed by atoms with Crippen molar-refractivity contribution in [2.75, 3.05) is 7.11 Å². The summed E-state index contributed by atoms with van der Waals surface area (Å²) in [7, 11) is 4.39. The Morgan fingerprint density at radius 1 is 1.07 bits per heavy atom. The van der Waals surface area contributed by atoms with E-state index in [9.17, 15) is 14.4 Å². The van der Waals surface area contributed by atoms with Crippen molar-refractivity contribution in [1.29, 1.82) is 0 Å². The topological polar surface area (TPSA) is 96.1 Å². The molecular formula is C21H24N4O4S. The van der Waals surface area contributed by atoms with Gasteiger partial charge in [-0.15, -0.1) is 11.8 Å². The van der Waals surface area contributed by atoms with Crippen LogP contribution in [0.3, 0.4) is 0 Å². The van der Waals surface area contributed by atoms with E-state index < -0.39 is 17.2 Å². The molecule has 0 amide bonds. The number of aryl methyl sites for hydroxylation is 1. The highest BCUT2D eigenvalue weighted by Crippen LogP contribution is 2.29. The SMILES string of the molecule is COC(=O)c1ccc(CSc2nc(C(C)(C)C)nc3c2c(=O)n(C)c(=O)n3C)cc1. The molecule has 0 aliphatic carbocycles. The largest absolute Gasteiger partial charge is 0.465 e. The molecule has 0 saturated carbocycles. The summed E-state index contributed by atoms with van der Waals surface area (Å²) in [5, 5.41) is 0.849. The number of fused-ring (bicyclic) bond motifs is 1. The first-order valence-corrected chi connectivity index (χ1v) is 10.3. The Morgan fingerprint density at radius 3 is 2.27 bits per heavy atom. The van der Waals surface area contributed by atoms with Gasteiger partial charge < -0.3 is 4.74 Å². The molecular weight excluding hydrogens is 404 g/mol. The van der Waals surface area contributed by atoms with Crippen LogP contribution in [0.25, 0.3) is 11.0 Å². The molecule has 0 aliphatic heterocycles. The van der Waals surface area contributed by atoms with Gasteiger partial charge in [-0.25, -0.2) is 19.6 Å². The standard InChI is InChI=1S/C21H24N4O4S/c1-21(2,3)19-22-15-14(17(26)25(5)20(28)24(15)4)16(23-19)30-11-12-7-9-13(10-8-12)18(27)29-6/h7-10H,11H2,1-6H3. The minimum absolute atomic E-state index is 0.323. The first kappa shape index (κ1) is 21.8. The van der Waals surface area contributed by atoms with Crippen molar-refractivity contribution in [1.82, 2.24) is 19.1 Å². The number of carbonyl (C=O) groups excluding carboxylic acids is 1. The number of hydrogen-bond acceptors (Lipinski definition) is 7. The van der Waals surface area contributed by atoms with E-state index in [4.69, 9.17) is 4.74 Å². The maximum Gasteiger partial charge on any atom is 0.337 e. The molecule has 0 radical (unpaired) electrons. The molecule has 30 heavy (non-hydrogen) atoms. The van der Waals surface area contributed by atoms with Crippen LogP contribution in [0.15, 0.2) is 38.9 Å². The molecule has 0 unspecified atom stereocenters. The van der Waals surface area contributed by atoms with E-state index in [1.54, 1.807) is 19.2 Å². The second kappa shape index (κ2) is 8.06. The van der Waals surface area contributed by atoms with Gasteiger partial charge in [-0.3, -0.25) is 13.9 Å². The van der Waals surface area contributed by atoms with E-state index in [1.165, 1.54) is 30.5 Å². The van der Waals surface area contributed by atoms with Crippen molar-refractivity contribution < 1.29 is 9.53 Å². The zero-order chi connectivity index (χ0) is 22.2. The van der Waals surface area contributed by atoms with Crippen molar-refractivity contribution in [2.45, 2.75) is 37.0 Å². The molecule has 0 fully saturated rings. The fourth-order valence-electron chi connectivity index (χ4n) is 2.88. The lowest BCUT2D eigenvalue weighted by Crippen LogP contribution is -2.38. The highest BCUT2D eigenvalue weighted by molar-refractivity contribution is 7.98. The number of benzene rings is 1.